The molecule has 5 rings (SSSR count). The smallest absolute Gasteiger partial charge is 0.280 e. The van der Waals surface area contributed by atoms with Crippen molar-refractivity contribution in [2.24, 2.45) is 7.05 Å². The lowest BCUT2D eigenvalue weighted by molar-refractivity contribution is 0.0988. The minimum atomic E-state index is -0.275. The van der Waals surface area contributed by atoms with Crippen LogP contribution in [0.3, 0.4) is 0 Å². The predicted molar refractivity (Wildman–Crippen MR) is 106 cm³/mol. The summed E-state index contributed by atoms with van der Waals surface area (Å²) in [5.41, 5.74) is 4.86. The topological polar surface area (TPSA) is 68.3 Å². The van der Waals surface area contributed by atoms with Crippen LogP contribution in [0.15, 0.2) is 42.6 Å². The van der Waals surface area contributed by atoms with Crippen LogP contribution in [0, 0.1) is 13.8 Å². The third-order valence-electron chi connectivity index (χ3n) is 5.35. The number of nitrogens with zero attached hydrogens (tertiary/aromatic N) is 6. The minimum absolute atomic E-state index is 0.122. The van der Waals surface area contributed by atoms with Crippen LogP contribution in [-0.4, -0.2) is 30.3 Å². The molecule has 7 nitrogen and oxygen atoms in total. The van der Waals surface area contributed by atoms with Crippen molar-refractivity contribution in [3.63, 3.8) is 0 Å². The summed E-state index contributed by atoms with van der Waals surface area (Å²) in [7, 11) is 1.86. The SMILES string of the molecule is Cc1c2c(nn1C)C(=O)N(c1ccc3nnc(C)n3c1)C2c1ccc(Cl)cc1. The first-order chi connectivity index (χ1) is 13.5. The summed E-state index contributed by atoms with van der Waals surface area (Å²) in [5, 5.41) is 13.4. The number of fused-ring (bicyclic) bond motifs is 2. The van der Waals surface area contributed by atoms with Gasteiger partial charge in [-0.15, -0.1) is 10.2 Å². The Balaban J connectivity index is 1.73. The highest BCUT2D eigenvalue weighted by molar-refractivity contribution is 6.30. The Morgan fingerprint density at radius 2 is 1.79 bits per heavy atom. The van der Waals surface area contributed by atoms with Crippen molar-refractivity contribution in [3.05, 3.63) is 76.0 Å². The van der Waals surface area contributed by atoms with E-state index in [-0.39, 0.29) is 11.9 Å². The molecule has 0 radical (unpaired) electrons. The van der Waals surface area contributed by atoms with E-state index in [1.54, 1.807) is 9.58 Å². The van der Waals surface area contributed by atoms with Gasteiger partial charge in [-0.1, -0.05) is 23.7 Å². The van der Waals surface area contributed by atoms with Crippen LogP contribution in [-0.2, 0) is 7.05 Å². The van der Waals surface area contributed by atoms with Crippen molar-refractivity contribution >= 4 is 28.8 Å². The Morgan fingerprint density at radius 1 is 1.04 bits per heavy atom. The third kappa shape index (κ3) is 2.29. The first-order valence-electron chi connectivity index (χ1n) is 8.89. The molecule has 140 valence electrons. The van der Waals surface area contributed by atoms with Gasteiger partial charge in [0.1, 0.15) is 5.82 Å². The van der Waals surface area contributed by atoms with E-state index in [4.69, 9.17) is 11.6 Å². The fraction of sp³-hybridized carbons (Fsp3) is 0.200. The second-order valence-corrected chi connectivity index (χ2v) is 7.40. The molecule has 0 fully saturated rings. The number of rotatable bonds is 2. The maximum atomic E-state index is 13.4. The van der Waals surface area contributed by atoms with Crippen molar-refractivity contribution < 1.29 is 4.79 Å². The highest BCUT2D eigenvalue weighted by Crippen LogP contribution is 2.42. The summed E-state index contributed by atoms with van der Waals surface area (Å²) in [5.74, 6) is 0.642. The molecular formula is C20H17ClN6O. The zero-order valence-corrected chi connectivity index (χ0v) is 16.3. The molecule has 1 aliphatic rings. The van der Waals surface area contributed by atoms with Gasteiger partial charge in [0.25, 0.3) is 5.91 Å². The zero-order valence-electron chi connectivity index (χ0n) is 15.6. The molecule has 0 saturated heterocycles. The lowest BCUT2D eigenvalue weighted by Crippen LogP contribution is -2.30. The summed E-state index contributed by atoms with van der Waals surface area (Å²) in [4.78, 5) is 15.1. The molecule has 1 aliphatic heterocycles. The van der Waals surface area contributed by atoms with E-state index in [9.17, 15) is 4.79 Å². The molecule has 1 amide bonds. The van der Waals surface area contributed by atoms with Crippen LogP contribution in [0.2, 0.25) is 5.02 Å². The normalized spacial score (nSPS) is 16.2. The van der Waals surface area contributed by atoms with Crippen LogP contribution < -0.4 is 4.90 Å². The Labute approximate surface area is 166 Å². The number of aryl methyl sites for hydroxylation is 2. The fourth-order valence-electron chi connectivity index (χ4n) is 3.83. The maximum absolute atomic E-state index is 13.4. The van der Waals surface area contributed by atoms with Crippen molar-refractivity contribution in [1.29, 1.82) is 0 Å². The van der Waals surface area contributed by atoms with Crippen LogP contribution in [0.4, 0.5) is 5.69 Å². The van der Waals surface area contributed by atoms with Gasteiger partial charge >= 0.3 is 0 Å². The first-order valence-corrected chi connectivity index (χ1v) is 9.27. The molecule has 28 heavy (non-hydrogen) atoms. The Kier molecular flexibility index (Phi) is 3.57. The Morgan fingerprint density at radius 3 is 2.54 bits per heavy atom. The number of benzene rings is 1. The van der Waals surface area contributed by atoms with E-state index >= 15 is 0 Å². The summed E-state index contributed by atoms with van der Waals surface area (Å²) < 4.78 is 3.64. The van der Waals surface area contributed by atoms with Gasteiger partial charge in [-0.05, 0) is 43.7 Å². The molecule has 0 aliphatic carbocycles. The second-order valence-electron chi connectivity index (χ2n) is 6.96. The largest absolute Gasteiger partial charge is 0.294 e. The van der Waals surface area contributed by atoms with Crippen molar-refractivity contribution in [2.75, 3.05) is 4.90 Å². The summed E-state index contributed by atoms with van der Waals surface area (Å²) in [6.07, 6.45) is 1.90. The maximum Gasteiger partial charge on any atom is 0.280 e. The molecular weight excluding hydrogens is 376 g/mol. The number of hydrogen-bond acceptors (Lipinski definition) is 4. The monoisotopic (exact) mass is 392 g/mol. The van der Waals surface area contributed by atoms with Gasteiger partial charge in [-0.3, -0.25) is 18.8 Å². The molecule has 8 heteroatoms. The number of aromatic nitrogens is 5. The zero-order chi connectivity index (χ0) is 19.6. The van der Waals surface area contributed by atoms with E-state index < -0.39 is 0 Å². The molecule has 1 aromatic carbocycles. The van der Waals surface area contributed by atoms with Gasteiger partial charge in [0, 0.05) is 29.5 Å². The molecule has 4 aromatic rings. The Hall–Kier alpha value is -3.19. The van der Waals surface area contributed by atoms with E-state index in [0.29, 0.717) is 10.7 Å². The number of carbonyl (C=O) groups is 1. The molecule has 0 N–H and O–H groups in total. The summed E-state index contributed by atoms with van der Waals surface area (Å²) >= 11 is 6.09. The Bertz CT molecular complexity index is 1240. The van der Waals surface area contributed by atoms with Crippen LogP contribution >= 0.6 is 11.6 Å². The van der Waals surface area contributed by atoms with E-state index in [1.165, 1.54) is 0 Å². The summed E-state index contributed by atoms with van der Waals surface area (Å²) in [6, 6.07) is 11.1. The molecule has 0 spiro atoms. The average molecular weight is 393 g/mol. The van der Waals surface area contributed by atoms with Gasteiger partial charge in [0.15, 0.2) is 11.3 Å². The third-order valence-corrected chi connectivity index (χ3v) is 5.61. The number of halogens is 1. The molecule has 3 aromatic heterocycles. The standard InChI is InChI=1S/C20H17ClN6O/c1-11-17-18(24-25(11)3)20(28)27(19(17)13-4-6-14(21)7-5-13)15-8-9-16-23-22-12(2)26(16)10-15/h4-10,19H,1-3H3. The van der Waals surface area contributed by atoms with Gasteiger partial charge < -0.3 is 0 Å². The highest BCUT2D eigenvalue weighted by atomic mass is 35.5. The van der Waals surface area contributed by atoms with E-state index in [1.807, 2.05) is 67.9 Å². The van der Waals surface area contributed by atoms with Gasteiger partial charge in [-0.2, -0.15) is 5.10 Å². The van der Waals surface area contributed by atoms with E-state index in [2.05, 4.69) is 15.3 Å². The second kappa shape index (κ2) is 5.90. The van der Waals surface area contributed by atoms with Crippen LogP contribution in [0.25, 0.3) is 5.65 Å². The molecule has 0 bridgehead atoms. The molecule has 1 atom stereocenters. The first kappa shape index (κ1) is 16.9. The average Bonchev–Trinajstić information content (AvgIpc) is 3.29. The quantitative estimate of drug-likeness (QED) is 0.523. The lowest BCUT2D eigenvalue weighted by Gasteiger charge is -2.26. The molecule has 0 saturated carbocycles. The number of amides is 1. The van der Waals surface area contributed by atoms with Gasteiger partial charge in [-0.25, -0.2) is 0 Å². The number of hydrogen-bond donors (Lipinski definition) is 0. The van der Waals surface area contributed by atoms with Crippen molar-refractivity contribution in [1.82, 2.24) is 24.4 Å². The van der Waals surface area contributed by atoms with Crippen LogP contribution in [0.1, 0.15) is 39.2 Å². The fourth-order valence-corrected chi connectivity index (χ4v) is 3.96. The van der Waals surface area contributed by atoms with Crippen molar-refractivity contribution in [3.8, 4) is 0 Å². The van der Waals surface area contributed by atoms with Gasteiger partial charge in [0.05, 0.1) is 11.7 Å². The summed E-state index contributed by atoms with van der Waals surface area (Å²) in [6.45, 7) is 3.87. The van der Waals surface area contributed by atoms with Crippen molar-refractivity contribution in [2.45, 2.75) is 19.9 Å². The molecule has 1 unspecified atom stereocenters. The number of anilines is 1. The number of carbonyl (C=O) groups excluding carboxylic acids is 1. The minimum Gasteiger partial charge on any atom is -0.294 e. The van der Waals surface area contributed by atoms with Gasteiger partial charge in [0.2, 0.25) is 0 Å². The van der Waals surface area contributed by atoms with E-state index in [0.717, 1.165) is 34.0 Å². The lowest BCUT2D eigenvalue weighted by atomic mass is 9.99. The number of pyridine rings is 1. The predicted octanol–water partition coefficient (Wildman–Crippen LogP) is 3.48. The molecule has 4 heterocycles. The van der Waals surface area contributed by atoms with Crippen LogP contribution in [0.5, 0.6) is 0 Å². The highest BCUT2D eigenvalue weighted by Gasteiger charge is 2.43.